The summed E-state index contributed by atoms with van der Waals surface area (Å²) in [6.45, 7) is 6.44. The molecule has 0 bridgehead atoms. The zero-order chi connectivity index (χ0) is 15.7. The molecule has 0 spiro atoms. The molecule has 0 aliphatic carbocycles. The lowest BCUT2D eigenvalue weighted by Gasteiger charge is -2.31. The van der Waals surface area contributed by atoms with Crippen LogP contribution >= 0.6 is 15.9 Å². The Hall–Kier alpha value is -0.420. The van der Waals surface area contributed by atoms with E-state index in [1.54, 1.807) is 0 Å². The van der Waals surface area contributed by atoms with Crippen molar-refractivity contribution in [3.05, 3.63) is 34.3 Å². The number of aliphatic hydroxyl groups excluding tert-OH is 1. The van der Waals surface area contributed by atoms with Crippen LogP contribution in [0.1, 0.15) is 44.7 Å². The van der Waals surface area contributed by atoms with Crippen molar-refractivity contribution in [1.82, 2.24) is 10.2 Å². The lowest BCUT2D eigenvalue weighted by Crippen LogP contribution is -2.38. The van der Waals surface area contributed by atoms with Gasteiger partial charge in [-0.1, -0.05) is 48.0 Å². The zero-order valence-electron chi connectivity index (χ0n) is 13.5. The predicted molar refractivity (Wildman–Crippen MR) is 93.6 cm³/mol. The lowest BCUT2D eigenvalue weighted by molar-refractivity contribution is 0.138. The molecule has 0 aromatic heterocycles. The molecule has 0 fully saturated rings. The topological polar surface area (TPSA) is 35.5 Å². The van der Waals surface area contributed by atoms with E-state index in [9.17, 15) is 5.11 Å². The molecular formula is C17H29BrN2O. The highest BCUT2D eigenvalue weighted by Crippen LogP contribution is 2.25. The van der Waals surface area contributed by atoms with E-state index >= 15 is 0 Å². The summed E-state index contributed by atoms with van der Waals surface area (Å²) in [5.74, 6) is 0. The van der Waals surface area contributed by atoms with Crippen LogP contribution in [0.3, 0.4) is 0 Å². The van der Waals surface area contributed by atoms with Crippen molar-refractivity contribution in [2.24, 2.45) is 0 Å². The van der Waals surface area contributed by atoms with Gasteiger partial charge in [0, 0.05) is 29.6 Å². The molecule has 120 valence electrons. The standard InChI is InChI=1S/C17H29BrN2O/c1-4-14(5-2)20(12-13-21)11-10-17(19-3)15-8-6-7-9-16(15)18/h6-9,14,17,19,21H,4-5,10-13H2,1-3H3. The molecule has 1 aromatic rings. The van der Waals surface area contributed by atoms with Gasteiger partial charge in [-0.2, -0.15) is 0 Å². The van der Waals surface area contributed by atoms with Gasteiger partial charge in [0.15, 0.2) is 0 Å². The Kier molecular flexibility index (Phi) is 9.16. The van der Waals surface area contributed by atoms with Gasteiger partial charge in [-0.05, 0) is 37.9 Å². The maximum absolute atomic E-state index is 9.30. The monoisotopic (exact) mass is 356 g/mol. The number of hydrogen-bond donors (Lipinski definition) is 2. The van der Waals surface area contributed by atoms with Crippen LogP contribution in [0.4, 0.5) is 0 Å². The van der Waals surface area contributed by atoms with Gasteiger partial charge in [0.05, 0.1) is 6.61 Å². The van der Waals surface area contributed by atoms with Crippen LogP contribution in [0.5, 0.6) is 0 Å². The van der Waals surface area contributed by atoms with Crippen molar-refractivity contribution >= 4 is 15.9 Å². The molecule has 0 saturated heterocycles. The molecule has 0 saturated carbocycles. The third kappa shape index (κ3) is 5.70. The summed E-state index contributed by atoms with van der Waals surface area (Å²) in [4.78, 5) is 2.42. The van der Waals surface area contributed by atoms with Crippen LogP contribution in [0.2, 0.25) is 0 Å². The van der Waals surface area contributed by atoms with E-state index in [-0.39, 0.29) is 6.61 Å². The van der Waals surface area contributed by atoms with Crippen molar-refractivity contribution in [2.45, 2.75) is 45.2 Å². The van der Waals surface area contributed by atoms with E-state index in [4.69, 9.17) is 0 Å². The van der Waals surface area contributed by atoms with E-state index in [0.717, 1.165) is 36.8 Å². The van der Waals surface area contributed by atoms with Crippen LogP contribution in [-0.2, 0) is 0 Å². The first-order valence-electron chi connectivity index (χ1n) is 7.94. The SMILES string of the molecule is CCC(CC)N(CCO)CCC(NC)c1ccccc1Br. The molecule has 4 heteroatoms. The van der Waals surface area contributed by atoms with E-state index in [0.29, 0.717) is 12.1 Å². The van der Waals surface area contributed by atoms with Crippen LogP contribution in [-0.4, -0.2) is 42.8 Å². The molecular weight excluding hydrogens is 328 g/mol. The van der Waals surface area contributed by atoms with Crippen LogP contribution in [0.25, 0.3) is 0 Å². The molecule has 2 N–H and O–H groups in total. The summed E-state index contributed by atoms with van der Waals surface area (Å²) < 4.78 is 1.15. The highest BCUT2D eigenvalue weighted by molar-refractivity contribution is 9.10. The second-order valence-corrected chi connectivity index (χ2v) is 6.24. The van der Waals surface area contributed by atoms with Crippen molar-refractivity contribution < 1.29 is 5.11 Å². The Balaban J connectivity index is 2.70. The first kappa shape index (κ1) is 18.6. The lowest BCUT2D eigenvalue weighted by atomic mass is 10.0. The molecule has 0 aliphatic heterocycles. The Labute approximate surface area is 137 Å². The minimum Gasteiger partial charge on any atom is -0.395 e. The van der Waals surface area contributed by atoms with Crippen LogP contribution < -0.4 is 5.32 Å². The summed E-state index contributed by atoms with van der Waals surface area (Å²) in [7, 11) is 2.01. The summed E-state index contributed by atoms with van der Waals surface area (Å²) in [5, 5.41) is 12.7. The Morgan fingerprint density at radius 2 is 1.86 bits per heavy atom. The maximum atomic E-state index is 9.30. The highest BCUT2D eigenvalue weighted by Gasteiger charge is 2.18. The van der Waals surface area contributed by atoms with E-state index in [1.165, 1.54) is 5.56 Å². The number of nitrogens with zero attached hydrogens (tertiary/aromatic N) is 1. The van der Waals surface area contributed by atoms with Gasteiger partial charge in [0.2, 0.25) is 0 Å². The largest absolute Gasteiger partial charge is 0.395 e. The van der Waals surface area contributed by atoms with Gasteiger partial charge in [-0.3, -0.25) is 4.90 Å². The Bertz CT molecular complexity index is 396. The summed E-state index contributed by atoms with van der Waals surface area (Å²) in [5.41, 5.74) is 1.30. The Morgan fingerprint density at radius 3 is 2.38 bits per heavy atom. The van der Waals surface area contributed by atoms with Crippen LogP contribution in [0.15, 0.2) is 28.7 Å². The molecule has 0 radical (unpaired) electrons. The second kappa shape index (κ2) is 10.3. The molecule has 1 aromatic carbocycles. The number of rotatable bonds is 10. The van der Waals surface area contributed by atoms with Gasteiger partial charge in [-0.15, -0.1) is 0 Å². The van der Waals surface area contributed by atoms with Crippen molar-refractivity contribution in [3.8, 4) is 0 Å². The summed E-state index contributed by atoms with van der Waals surface area (Å²) in [6, 6.07) is 9.27. The van der Waals surface area contributed by atoms with Crippen molar-refractivity contribution in [1.29, 1.82) is 0 Å². The average Bonchev–Trinajstić information content (AvgIpc) is 2.50. The summed E-state index contributed by atoms with van der Waals surface area (Å²) in [6.07, 6.45) is 3.31. The maximum Gasteiger partial charge on any atom is 0.0558 e. The average molecular weight is 357 g/mol. The van der Waals surface area contributed by atoms with E-state index < -0.39 is 0 Å². The highest BCUT2D eigenvalue weighted by atomic mass is 79.9. The minimum absolute atomic E-state index is 0.232. The van der Waals surface area contributed by atoms with Crippen LogP contribution in [0, 0.1) is 0 Å². The van der Waals surface area contributed by atoms with Gasteiger partial charge in [0.1, 0.15) is 0 Å². The Morgan fingerprint density at radius 1 is 1.19 bits per heavy atom. The normalized spacial score (nSPS) is 13.1. The second-order valence-electron chi connectivity index (χ2n) is 5.38. The molecule has 3 nitrogen and oxygen atoms in total. The smallest absolute Gasteiger partial charge is 0.0558 e. The molecule has 21 heavy (non-hydrogen) atoms. The van der Waals surface area contributed by atoms with E-state index in [2.05, 4.69) is 58.2 Å². The van der Waals surface area contributed by atoms with Gasteiger partial charge < -0.3 is 10.4 Å². The molecule has 0 aliphatic rings. The fraction of sp³-hybridized carbons (Fsp3) is 0.647. The van der Waals surface area contributed by atoms with E-state index in [1.807, 2.05) is 13.1 Å². The molecule has 0 amide bonds. The van der Waals surface area contributed by atoms with Gasteiger partial charge in [-0.25, -0.2) is 0 Å². The molecule has 1 atom stereocenters. The number of aliphatic hydroxyl groups is 1. The predicted octanol–water partition coefficient (Wildman–Crippen LogP) is 3.58. The molecule has 0 heterocycles. The minimum atomic E-state index is 0.232. The summed E-state index contributed by atoms with van der Waals surface area (Å²) >= 11 is 3.64. The number of hydrogen-bond acceptors (Lipinski definition) is 3. The first-order chi connectivity index (χ1) is 10.2. The first-order valence-corrected chi connectivity index (χ1v) is 8.73. The zero-order valence-corrected chi connectivity index (χ0v) is 15.1. The quantitative estimate of drug-likeness (QED) is 0.672. The molecule has 1 rings (SSSR count). The number of benzene rings is 1. The van der Waals surface area contributed by atoms with Gasteiger partial charge in [0.25, 0.3) is 0 Å². The molecule has 1 unspecified atom stereocenters. The van der Waals surface area contributed by atoms with Gasteiger partial charge >= 0.3 is 0 Å². The fourth-order valence-corrected chi connectivity index (χ4v) is 3.48. The number of nitrogens with one attached hydrogen (secondary N) is 1. The number of halogens is 1. The fourth-order valence-electron chi connectivity index (χ4n) is 2.92. The third-order valence-electron chi connectivity index (χ3n) is 4.18. The third-order valence-corrected chi connectivity index (χ3v) is 4.90. The van der Waals surface area contributed by atoms with Crippen molar-refractivity contribution in [3.63, 3.8) is 0 Å². The van der Waals surface area contributed by atoms with Crippen molar-refractivity contribution in [2.75, 3.05) is 26.7 Å².